The third kappa shape index (κ3) is 10.6. The number of ether oxygens (including phenoxy) is 2. The Kier molecular flexibility index (Phi) is 15.2. The molecule has 15 heteroatoms. The van der Waals surface area contributed by atoms with Crippen LogP contribution in [0.2, 0.25) is 0 Å². The van der Waals surface area contributed by atoms with Crippen molar-refractivity contribution in [2.45, 2.75) is 78.7 Å². The second kappa shape index (κ2) is 20.0. The van der Waals surface area contributed by atoms with Gasteiger partial charge in [-0.05, 0) is 70.4 Å². The number of hydrogen-bond donors (Lipinski definition) is 2. The summed E-state index contributed by atoms with van der Waals surface area (Å²) in [6.45, 7) is 10.9. The van der Waals surface area contributed by atoms with Crippen molar-refractivity contribution in [2.24, 2.45) is 5.41 Å². The van der Waals surface area contributed by atoms with Crippen LogP contribution in [0.15, 0.2) is 117 Å². The monoisotopic (exact) mass is 824 g/mol. The van der Waals surface area contributed by atoms with Gasteiger partial charge < -0.3 is 18.5 Å². The van der Waals surface area contributed by atoms with E-state index in [4.69, 9.17) is 18.5 Å². The van der Waals surface area contributed by atoms with Crippen molar-refractivity contribution in [1.82, 2.24) is 23.8 Å². The summed E-state index contributed by atoms with van der Waals surface area (Å²) in [5, 5.41) is 9.40. The average molecular weight is 825 g/mol. The molecule has 5 aromatic rings. The van der Waals surface area contributed by atoms with Crippen LogP contribution in [0.5, 0.6) is 5.75 Å². The molecule has 0 radical (unpaired) electrons. The Balaban J connectivity index is 1.79. The molecular weight excluding hydrogens is 771 g/mol. The first kappa shape index (κ1) is 44.7. The molecule has 0 spiro atoms. The van der Waals surface area contributed by atoms with E-state index in [1.807, 2.05) is 113 Å². The van der Waals surface area contributed by atoms with E-state index in [0.717, 1.165) is 16.7 Å². The van der Waals surface area contributed by atoms with Crippen molar-refractivity contribution in [3.8, 4) is 11.8 Å². The number of benzene rings is 3. The summed E-state index contributed by atoms with van der Waals surface area (Å²) in [4.78, 5) is 57.4. The predicted octanol–water partition coefficient (Wildman–Crippen LogP) is 6.00. The molecule has 2 heterocycles. The maximum absolute atomic E-state index is 13.7. The zero-order valence-electron chi connectivity index (χ0n) is 34.6. The van der Waals surface area contributed by atoms with Crippen LogP contribution in [-0.2, 0) is 32.5 Å². The SMILES string of the molecule is COc1ccc(C(OCC(COP(OCCC#N)N(C(C)C)C(C)C)(Cn2cc(C)c(=O)[nH]c2=O)Cn2cc(C)c(=O)[nH]c2=O)(c2ccccc2)c2ccccc2)cc1. The van der Waals surface area contributed by atoms with Gasteiger partial charge in [0.1, 0.15) is 11.4 Å². The Morgan fingerprint density at radius 1 is 0.712 bits per heavy atom. The highest BCUT2D eigenvalue weighted by molar-refractivity contribution is 7.44. The molecule has 312 valence electrons. The third-order valence-electron chi connectivity index (χ3n) is 9.98. The van der Waals surface area contributed by atoms with Gasteiger partial charge in [0.25, 0.3) is 19.6 Å². The van der Waals surface area contributed by atoms with Gasteiger partial charge in [-0.15, -0.1) is 0 Å². The number of nitrogens with zero attached hydrogens (tertiary/aromatic N) is 4. The lowest BCUT2D eigenvalue weighted by Crippen LogP contribution is -2.49. The Morgan fingerprint density at radius 3 is 1.63 bits per heavy atom. The van der Waals surface area contributed by atoms with Crippen LogP contribution in [0.3, 0.4) is 0 Å². The Bertz CT molecular complexity index is 2300. The summed E-state index contributed by atoms with van der Waals surface area (Å²) < 4.78 is 31.0. The average Bonchev–Trinajstić information content (AvgIpc) is 3.22. The molecule has 0 saturated carbocycles. The fraction of sp³-hybridized carbons (Fsp3) is 0.386. The summed E-state index contributed by atoms with van der Waals surface area (Å²) in [5.41, 5.74) is -1.99. The van der Waals surface area contributed by atoms with Crippen molar-refractivity contribution < 1.29 is 18.5 Å². The minimum absolute atomic E-state index is 0.0262. The molecule has 0 saturated heterocycles. The van der Waals surface area contributed by atoms with Gasteiger partial charge in [-0.1, -0.05) is 72.8 Å². The van der Waals surface area contributed by atoms with E-state index in [1.165, 1.54) is 21.5 Å². The van der Waals surface area contributed by atoms with Crippen molar-refractivity contribution in [2.75, 3.05) is 26.9 Å². The molecule has 2 N–H and O–H groups in total. The first-order chi connectivity index (χ1) is 28.2. The summed E-state index contributed by atoms with van der Waals surface area (Å²) >= 11 is 0. The van der Waals surface area contributed by atoms with Crippen LogP contribution in [0.25, 0.3) is 0 Å². The molecule has 0 amide bonds. The number of rotatable bonds is 20. The van der Waals surface area contributed by atoms with Crippen LogP contribution >= 0.6 is 8.53 Å². The number of nitrogens with one attached hydrogen (secondary N) is 2. The summed E-state index contributed by atoms with van der Waals surface area (Å²) in [7, 11) is -0.222. The molecule has 0 aliphatic rings. The Morgan fingerprint density at radius 2 is 1.19 bits per heavy atom. The lowest BCUT2D eigenvalue weighted by Gasteiger charge is -2.42. The van der Waals surface area contributed by atoms with Gasteiger partial charge in [-0.2, -0.15) is 5.26 Å². The first-order valence-electron chi connectivity index (χ1n) is 19.4. The van der Waals surface area contributed by atoms with Crippen LogP contribution in [0.1, 0.15) is 61.9 Å². The minimum atomic E-state index is -1.82. The number of aromatic nitrogens is 4. The molecular formula is C44H53N6O8P. The maximum atomic E-state index is 13.7. The highest BCUT2D eigenvalue weighted by Crippen LogP contribution is 2.48. The van der Waals surface area contributed by atoms with E-state index < -0.39 is 42.0 Å². The lowest BCUT2D eigenvalue weighted by molar-refractivity contribution is -0.0703. The molecule has 0 aliphatic carbocycles. The number of methoxy groups -OCH3 is 1. The second-order valence-electron chi connectivity index (χ2n) is 15.1. The molecule has 1 atom stereocenters. The number of nitriles is 1. The van der Waals surface area contributed by atoms with Gasteiger partial charge in [0.2, 0.25) is 0 Å². The standard InChI is InChI=1S/C44H53N6O8P/c1-31(2)50(32(3)4)59(57-24-14-23-45)58-30-43(27-48-25-33(5)39(51)46-41(48)53,28-49-26-34(6)40(52)47-42(49)54)29-56-44(35-15-10-8-11-16-35,36-17-12-9-13-18-36)37-19-21-38(55-7)22-20-37/h8-13,15-22,25-26,31-32H,14,24,27-30H2,1-7H3,(H,46,51,53)(H,47,52,54). The molecule has 1 unspecified atom stereocenters. The highest BCUT2D eigenvalue weighted by atomic mass is 31.2. The van der Waals surface area contributed by atoms with E-state index in [-0.39, 0.29) is 51.4 Å². The first-order valence-corrected chi connectivity index (χ1v) is 20.6. The van der Waals surface area contributed by atoms with Crippen molar-refractivity contribution >= 4 is 8.53 Å². The summed E-state index contributed by atoms with van der Waals surface area (Å²) in [6.07, 6.45) is 3.09. The molecule has 5 rings (SSSR count). The molecule has 3 aromatic carbocycles. The molecule has 0 aliphatic heterocycles. The van der Waals surface area contributed by atoms with E-state index in [9.17, 15) is 24.4 Å². The summed E-state index contributed by atoms with van der Waals surface area (Å²) in [6, 6.07) is 29.2. The van der Waals surface area contributed by atoms with Crippen LogP contribution in [0, 0.1) is 30.6 Å². The number of hydrogen-bond acceptors (Lipinski definition) is 10. The molecule has 2 aromatic heterocycles. The van der Waals surface area contributed by atoms with Gasteiger partial charge in [0.15, 0.2) is 0 Å². The van der Waals surface area contributed by atoms with Gasteiger partial charge >= 0.3 is 11.4 Å². The fourth-order valence-corrected chi connectivity index (χ4v) is 8.88. The third-order valence-corrected chi connectivity index (χ3v) is 12.0. The van der Waals surface area contributed by atoms with Crippen LogP contribution < -0.4 is 27.2 Å². The van der Waals surface area contributed by atoms with Crippen molar-refractivity contribution in [3.63, 3.8) is 0 Å². The van der Waals surface area contributed by atoms with Crippen LogP contribution in [-0.4, -0.2) is 62.8 Å². The fourth-order valence-electron chi connectivity index (χ4n) is 7.16. The molecule has 0 fully saturated rings. The van der Waals surface area contributed by atoms with Gasteiger partial charge in [-0.25, -0.2) is 14.3 Å². The van der Waals surface area contributed by atoms with E-state index >= 15 is 0 Å². The number of H-pyrrole nitrogens is 2. The Labute approximate surface area is 345 Å². The number of aromatic amines is 2. The van der Waals surface area contributed by atoms with Gasteiger partial charge in [-0.3, -0.25) is 28.7 Å². The smallest absolute Gasteiger partial charge is 0.328 e. The lowest BCUT2D eigenvalue weighted by atomic mass is 9.79. The van der Waals surface area contributed by atoms with Gasteiger partial charge in [0.05, 0.1) is 44.8 Å². The Hall–Kier alpha value is -5.42. The maximum Gasteiger partial charge on any atom is 0.328 e. The van der Waals surface area contributed by atoms with E-state index in [2.05, 4.69) is 20.7 Å². The van der Waals surface area contributed by atoms with Crippen molar-refractivity contribution in [1.29, 1.82) is 5.26 Å². The summed E-state index contributed by atoms with van der Waals surface area (Å²) in [5.74, 6) is 0.650. The quantitative estimate of drug-likeness (QED) is 0.0539. The minimum Gasteiger partial charge on any atom is -0.497 e. The van der Waals surface area contributed by atoms with E-state index in [1.54, 1.807) is 21.0 Å². The van der Waals surface area contributed by atoms with E-state index in [0.29, 0.717) is 16.9 Å². The van der Waals surface area contributed by atoms with Crippen LogP contribution in [0.4, 0.5) is 0 Å². The zero-order valence-corrected chi connectivity index (χ0v) is 35.5. The number of aryl methyl sites for hydroxylation is 2. The zero-order chi connectivity index (χ0) is 42.7. The van der Waals surface area contributed by atoms with Crippen molar-refractivity contribution in [3.05, 3.63) is 167 Å². The second-order valence-corrected chi connectivity index (χ2v) is 16.6. The predicted molar refractivity (Wildman–Crippen MR) is 227 cm³/mol. The normalized spacial score (nSPS) is 12.6. The molecule has 59 heavy (non-hydrogen) atoms. The molecule has 0 bridgehead atoms. The molecule has 14 nitrogen and oxygen atoms in total. The topological polar surface area (TPSA) is 174 Å². The van der Waals surface area contributed by atoms with Gasteiger partial charge in [0, 0.05) is 48.7 Å². The highest BCUT2D eigenvalue weighted by Gasteiger charge is 2.43. The largest absolute Gasteiger partial charge is 0.497 e.